The van der Waals surface area contributed by atoms with Crippen molar-refractivity contribution in [2.75, 3.05) is 0 Å². The summed E-state index contributed by atoms with van der Waals surface area (Å²) in [6.07, 6.45) is 3.26. The second-order valence-electron chi connectivity index (χ2n) is 5.38. The van der Waals surface area contributed by atoms with Gasteiger partial charge < -0.3 is 5.32 Å². The van der Waals surface area contributed by atoms with Gasteiger partial charge in [0, 0.05) is 16.6 Å². The van der Waals surface area contributed by atoms with Crippen LogP contribution in [0.2, 0.25) is 0 Å². The zero-order valence-electron chi connectivity index (χ0n) is 13.0. The Hall–Kier alpha value is -2.51. The average Bonchev–Trinajstić information content (AvgIpc) is 3.26. The highest BCUT2D eigenvalue weighted by molar-refractivity contribution is 9.11. The Balaban J connectivity index is 1.63. The van der Waals surface area contributed by atoms with Crippen LogP contribution >= 0.6 is 27.3 Å². The molecule has 7 heteroatoms. The van der Waals surface area contributed by atoms with Crippen molar-refractivity contribution in [1.29, 1.82) is 0 Å². The topological polar surface area (TPSA) is 59.3 Å². The fraction of sp³-hybridized carbons (Fsp3) is 0.0556. The summed E-state index contributed by atoms with van der Waals surface area (Å²) in [7, 11) is 0. The number of nitrogens with one attached hydrogen (secondary N) is 1. The van der Waals surface area contributed by atoms with E-state index in [4.69, 9.17) is 0 Å². The van der Waals surface area contributed by atoms with Crippen molar-refractivity contribution < 1.29 is 4.79 Å². The van der Waals surface area contributed by atoms with E-state index in [2.05, 4.69) is 31.3 Å². The molecule has 0 atom stereocenters. The van der Waals surface area contributed by atoms with Gasteiger partial charge in [-0.25, -0.2) is 9.50 Å². The minimum atomic E-state index is -0.183. The maximum atomic E-state index is 12.5. The first-order valence-electron chi connectivity index (χ1n) is 7.63. The lowest BCUT2D eigenvalue weighted by molar-refractivity contribution is 0.0952. The third-order valence-corrected chi connectivity index (χ3v) is 5.39. The zero-order valence-corrected chi connectivity index (χ0v) is 15.4. The number of rotatable bonds is 4. The smallest absolute Gasteiger partial charge is 0.257 e. The normalized spacial score (nSPS) is 10.9. The summed E-state index contributed by atoms with van der Waals surface area (Å²) in [5.41, 5.74) is 2.93. The highest BCUT2D eigenvalue weighted by atomic mass is 79.9. The second kappa shape index (κ2) is 6.78. The summed E-state index contributed by atoms with van der Waals surface area (Å²) in [6.45, 7) is 0.477. The Labute approximate surface area is 156 Å². The lowest BCUT2D eigenvalue weighted by Crippen LogP contribution is -2.22. The van der Waals surface area contributed by atoms with E-state index in [1.54, 1.807) is 28.2 Å². The van der Waals surface area contributed by atoms with E-state index in [-0.39, 0.29) is 5.91 Å². The molecule has 1 aromatic carbocycles. The molecular weight excluding hydrogens is 400 g/mol. The van der Waals surface area contributed by atoms with Crippen LogP contribution in [-0.4, -0.2) is 20.5 Å². The predicted octanol–water partition coefficient (Wildman–Crippen LogP) is 4.15. The summed E-state index contributed by atoms with van der Waals surface area (Å²) in [6, 6.07) is 15.8. The zero-order chi connectivity index (χ0) is 17.2. The first-order valence-corrected chi connectivity index (χ1v) is 9.24. The maximum Gasteiger partial charge on any atom is 0.257 e. The van der Waals surface area contributed by atoms with Gasteiger partial charge in [0.1, 0.15) is 5.56 Å². The van der Waals surface area contributed by atoms with Crippen molar-refractivity contribution in [2.45, 2.75) is 6.54 Å². The summed E-state index contributed by atoms with van der Waals surface area (Å²) >= 11 is 5.02. The van der Waals surface area contributed by atoms with E-state index in [1.807, 2.05) is 48.5 Å². The molecule has 3 heterocycles. The summed E-state index contributed by atoms with van der Waals surface area (Å²) < 4.78 is 2.74. The van der Waals surface area contributed by atoms with Gasteiger partial charge in [-0.15, -0.1) is 11.3 Å². The molecule has 0 bridgehead atoms. The molecule has 124 valence electrons. The van der Waals surface area contributed by atoms with Crippen LogP contribution in [0.4, 0.5) is 0 Å². The molecule has 0 aliphatic rings. The van der Waals surface area contributed by atoms with Gasteiger partial charge in [-0.3, -0.25) is 4.79 Å². The highest BCUT2D eigenvalue weighted by Crippen LogP contribution is 2.23. The number of fused-ring (bicyclic) bond motifs is 1. The van der Waals surface area contributed by atoms with Crippen LogP contribution in [-0.2, 0) is 6.54 Å². The Kier molecular flexibility index (Phi) is 4.33. The molecule has 0 saturated carbocycles. The molecule has 0 radical (unpaired) electrons. The van der Waals surface area contributed by atoms with Gasteiger partial charge in [-0.1, -0.05) is 30.3 Å². The minimum Gasteiger partial charge on any atom is -0.347 e. The van der Waals surface area contributed by atoms with E-state index >= 15 is 0 Å². The number of carbonyl (C=O) groups is 1. The second-order valence-corrected chi connectivity index (χ2v) is 7.93. The number of thiophene rings is 1. The number of carbonyl (C=O) groups excluding carboxylic acids is 1. The largest absolute Gasteiger partial charge is 0.347 e. The van der Waals surface area contributed by atoms with Crippen molar-refractivity contribution in [3.63, 3.8) is 0 Å². The summed E-state index contributed by atoms with van der Waals surface area (Å²) in [5.74, 6) is -0.183. The average molecular weight is 413 g/mol. The van der Waals surface area contributed by atoms with Gasteiger partial charge in [-0.05, 0) is 34.1 Å². The molecule has 1 amide bonds. The van der Waals surface area contributed by atoms with Gasteiger partial charge in [-0.2, -0.15) is 5.10 Å². The number of benzene rings is 1. The fourth-order valence-electron chi connectivity index (χ4n) is 2.59. The molecule has 5 nitrogen and oxygen atoms in total. The third kappa shape index (κ3) is 3.20. The molecule has 0 saturated heterocycles. The van der Waals surface area contributed by atoms with Crippen molar-refractivity contribution in [1.82, 2.24) is 19.9 Å². The van der Waals surface area contributed by atoms with E-state index in [0.717, 1.165) is 19.9 Å². The lowest BCUT2D eigenvalue weighted by Gasteiger charge is -2.05. The van der Waals surface area contributed by atoms with Gasteiger partial charge in [0.15, 0.2) is 5.65 Å². The Morgan fingerprint density at radius 1 is 1.16 bits per heavy atom. The van der Waals surface area contributed by atoms with Crippen molar-refractivity contribution in [3.05, 3.63) is 75.2 Å². The molecule has 0 aliphatic carbocycles. The number of hydrogen-bond donors (Lipinski definition) is 1. The van der Waals surface area contributed by atoms with E-state index < -0.39 is 0 Å². The number of halogens is 1. The maximum absolute atomic E-state index is 12.5. The monoisotopic (exact) mass is 412 g/mol. The van der Waals surface area contributed by atoms with Crippen molar-refractivity contribution in [2.24, 2.45) is 0 Å². The quantitative estimate of drug-likeness (QED) is 0.547. The molecule has 4 aromatic rings. The molecular formula is C18H13BrN4OS. The molecule has 1 N–H and O–H groups in total. The lowest BCUT2D eigenvalue weighted by atomic mass is 10.1. The number of nitrogens with zero attached hydrogens (tertiary/aromatic N) is 3. The van der Waals surface area contributed by atoms with E-state index in [1.165, 1.54) is 0 Å². The number of amides is 1. The van der Waals surface area contributed by atoms with Crippen molar-refractivity contribution >= 4 is 38.8 Å². The van der Waals surface area contributed by atoms with Crippen LogP contribution in [0.1, 0.15) is 15.2 Å². The van der Waals surface area contributed by atoms with Crippen LogP contribution in [0.25, 0.3) is 16.9 Å². The highest BCUT2D eigenvalue weighted by Gasteiger charge is 2.16. The van der Waals surface area contributed by atoms with Crippen molar-refractivity contribution in [3.8, 4) is 11.3 Å². The third-order valence-electron chi connectivity index (χ3n) is 3.77. The Morgan fingerprint density at radius 3 is 2.76 bits per heavy atom. The SMILES string of the molecule is O=C(NCc1ccc(Br)s1)c1cnn2c(-c3ccccc3)ccnc12. The first kappa shape index (κ1) is 16.0. The summed E-state index contributed by atoms with van der Waals surface area (Å²) in [4.78, 5) is 18.0. The molecule has 0 fully saturated rings. The number of hydrogen-bond acceptors (Lipinski definition) is 4. The molecule has 3 aromatic heterocycles. The van der Waals surface area contributed by atoms with Gasteiger partial charge >= 0.3 is 0 Å². The number of aromatic nitrogens is 3. The molecule has 4 rings (SSSR count). The molecule has 25 heavy (non-hydrogen) atoms. The first-order chi connectivity index (χ1) is 12.2. The van der Waals surface area contributed by atoms with Crippen LogP contribution < -0.4 is 5.32 Å². The van der Waals surface area contributed by atoms with Crippen LogP contribution in [0.15, 0.2) is 64.7 Å². The Morgan fingerprint density at radius 2 is 2.00 bits per heavy atom. The van der Waals surface area contributed by atoms with E-state index in [9.17, 15) is 4.79 Å². The molecule has 0 unspecified atom stereocenters. The molecule has 0 aliphatic heterocycles. The van der Waals surface area contributed by atoms with Gasteiger partial charge in [0.05, 0.1) is 22.2 Å². The predicted molar refractivity (Wildman–Crippen MR) is 102 cm³/mol. The minimum absolute atomic E-state index is 0.183. The van der Waals surface area contributed by atoms with Crippen LogP contribution in [0.3, 0.4) is 0 Å². The van der Waals surface area contributed by atoms with E-state index in [0.29, 0.717) is 17.8 Å². The fourth-order valence-corrected chi connectivity index (χ4v) is 4.01. The standard InChI is InChI=1S/C18H13BrN4OS/c19-16-7-6-13(25-16)10-21-18(24)14-11-22-23-15(8-9-20-17(14)23)12-4-2-1-3-5-12/h1-9,11H,10H2,(H,21,24). The Bertz CT molecular complexity index is 1040. The van der Waals surface area contributed by atoms with Crippen LogP contribution in [0, 0.1) is 0 Å². The van der Waals surface area contributed by atoms with Crippen LogP contribution in [0.5, 0.6) is 0 Å². The molecule has 0 spiro atoms. The summed E-state index contributed by atoms with van der Waals surface area (Å²) in [5, 5.41) is 7.29. The van der Waals surface area contributed by atoms with Gasteiger partial charge in [0.2, 0.25) is 0 Å². The van der Waals surface area contributed by atoms with Gasteiger partial charge in [0.25, 0.3) is 5.91 Å².